The smallest absolute Gasteiger partial charge is 0.219 e. The minimum Gasteiger partial charge on any atom is -0.387 e. The fourth-order valence-electron chi connectivity index (χ4n) is 3.82. The topological polar surface area (TPSA) is 120 Å². The first kappa shape index (κ1) is 22.1. The molecule has 2 heterocycles. The Bertz CT molecular complexity index is 1370. The first-order valence-electron chi connectivity index (χ1n) is 10.7. The summed E-state index contributed by atoms with van der Waals surface area (Å²) in [6, 6.07) is 14.1. The Kier molecular flexibility index (Phi) is 5.68. The number of imidazole rings is 1. The number of fused-ring (bicyclic) bond motifs is 1. The molecule has 4 N–H and O–H groups in total. The molecule has 0 bridgehead atoms. The minimum absolute atomic E-state index is 0.215. The van der Waals surface area contributed by atoms with E-state index in [1.807, 2.05) is 31.2 Å². The Morgan fingerprint density at radius 3 is 2.33 bits per heavy atom. The molecule has 0 aliphatic rings. The first-order chi connectivity index (χ1) is 15.6. The highest BCUT2D eigenvalue weighted by atomic mass is 15.1. The number of aliphatic imine (C=N–C) groups is 2. The molecule has 33 heavy (non-hydrogen) atoms. The van der Waals surface area contributed by atoms with Gasteiger partial charge in [-0.05, 0) is 64.4 Å². The largest absolute Gasteiger partial charge is 0.387 e. The quantitative estimate of drug-likeness (QED) is 0.346. The number of hydrogen-bond donors (Lipinski definition) is 2. The Balaban J connectivity index is 1.93. The molecule has 0 saturated heterocycles. The van der Waals surface area contributed by atoms with E-state index in [0.717, 1.165) is 39.2 Å². The maximum absolute atomic E-state index is 5.74. The van der Waals surface area contributed by atoms with Crippen LogP contribution in [0.25, 0.3) is 33.5 Å². The van der Waals surface area contributed by atoms with E-state index >= 15 is 0 Å². The summed E-state index contributed by atoms with van der Waals surface area (Å²) in [5.41, 5.74) is 16.6. The summed E-state index contributed by atoms with van der Waals surface area (Å²) < 4.78 is 2.24. The number of para-hydroxylation sites is 1. The molecule has 0 amide bonds. The molecule has 4 rings (SSSR count). The van der Waals surface area contributed by atoms with Crippen LogP contribution in [0.15, 0.2) is 64.8 Å². The molecule has 4 aromatic rings. The van der Waals surface area contributed by atoms with Crippen molar-refractivity contribution < 1.29 is 0 Å². The van der Waals surface area contributed by atoms with Crippen molar-refractivity contribution in [3.05, 3.63) is 54.9 Å². The van der Waals surface area contributed by atoms with Gasteiger partial charge in [0, 0.05) is 29.1 Å². The Morgan fingerprint density at radius 1 is 0.970 bits per heavy atom. The van der Waals surface area contributed by atoms with Gasteiger partial charge >= 0.3 is 0 Å². The second kappa shape index (κ2) is 8.46. The first-order valence-corrected chi connectivity index (χ1v) is 10.7. The number of hydrogen-bond acceptors (Lipinski definition) is 5. The lowest BCUT2D eigenvalue weighted by molar-refractivity contribution is 0.413. The molecule has 0 aliphatic heterocycles. The van der Waals surface area contributed by atoms with Gasteiger partial charge in [0.1, 0.15) is 11.7 Å². The van der Waals surface area contributed by atoms with Crippen LogP contribution in [0, 0.1) is 0 Å². The van der Waals surface area contributed by atoms with Crippen LogP contribution in [0.1, 0.15) is 34.6 Å². The molecule has 0 fully saturated rings. The molecular weight excluding hydrogens is 412 g/mol. The fourth-order valence-corrected chi connectivity index (χ4v) is 3.82. The highest BCUT2D eigenvalue weighted by Crippen LogP contribution is 2.37. The molecule has 168 valence electrons. The molecular formula is C25H28N8. The molecule has 2 aromatic carbocycles. The van der Waals surface area contributed by atoms with Crippen LogP contribution in [-0.2, 0) is 5.54 Å². The number of nitrogens with zero attached hydrogens (tertiary/aromatic N) is 6. The molecule has 8 nitrogen and oxygen atoms in total. The molecule has 0 radical (unpaired) electrons. The van der Waals surface area contributed by atoms with Crippen molar-refractivity contribution in [2.75, 3.05) is 5.73 Å². The van der Waals surface area contributed by atoms with Crippen molar-refractivity contribution in [2.24, 2.45) is 15.7 Å². The number of benzene rings is 2. The third-order valence-electron chi connectivity index (χ3n) is 5.10. The molecule has 8 heteroatoms. The summed E-state index contributed by atoms with van der Waals surface area (Å²) in [6.07, 6.45) is 3.44. The van der Waals surface area contributed by atoms with Gasteiger partial charge in [0.2, 0.25) is 5.95 Å². The van der Waals surface area contributed by atoms with Gasteiger partial charge in [0.15, 0.2) is 0 Å². The van der Waals surface area contributed by atoms with Gasteiger partial charge in [-0.1, -0.05) is 18.2 Å². The van der Waals surface area contributed by atoms with Crippen LogP contribution < -0.4 is 11.5 Å². The van der Waals surface area contributed by atoms with Gasteiger partial charge in [-0.15, -0.1) is 0 Å². The monoisotopic (exact) mass is 440 g/mol. The van der Waals surface area contributed by atoms with Crippen molar-refractivity contribution >= 4 is 34.3 Å². The Labute approximate surface area is 193 Å². The zero-order valence-electron chi connectivity index (χ0n) is 19.5. The van der Waals surface area contributed by atoms with Crippen LogP contribution in [0.5, 0.6) is 0 Å². The van der Waals surface area contributed by atoms with Crippen molar-refractivity contribution in [1.82, 2.24) is 19.5 Å². The number of amidine groups is 2. The van der Waals surface area contributed by atoms with E-state index in [0.29, 0.717) is 11.7 Å². The van der Waals surface area contributed by atoms with Gasteiger partial charge in [0.25, 0.3) is 0 Å². The van der Waals surface area contributed by atoms with Gasteiger partial charge in [-0.3, -0.25) is 0 Å². The molecule has 0 aliphatic carbocycles. The summed E-state index contributed by atoms with van der Waals surface area (Å²) in [7, 11) is 0. The van der Waals surface area contributed by atoms with Crippen LogP contribution in [-0.4, -0.2) is 31.2 Å². The third-order valence-corrected chi connectivity index (χ3v) is 5.10. The Morgan fingerprint density at radius 2 is 1.67 bits per heavy atom. The zero-order valence-corrected chi connectivity index (χ0v) is 19.5. The number of nitrogens with two attached hydrogens (primary N) is 2. The highest BCUT2D eigenvalue weighted by molar-refractivity contribution is 5.96. The third kappa shape index (κ3) is 4.59. The predicted octanol–water partition coefficient (Wildman–Crippen LogP) is 4.92. The van der Waals surface area contributed by atoms with Crippen molar-refractivity contribution in [1.29, 1.82) is 0 Å². The van der Waals surface area contributed by atoms with E-state index in [2.05, 4.69) is 58.5 Å². The standard InChI is InChI=1S/C25H28N8/c1-15(26)30-16(2)31-20-9-7-6-8-19(20)23-32-21-12-17(18-13-28-24(27)29-14-18)10-11-22(21)33(23)25(3,4)5/h6-14H,1-5H3,(H2,26,30,31)(H2,27,28,29). The lowest BCUT2D eigenvalue weighted by Gasteiger charge is -2.25. The van der Waals surface area contributed by atoms with Crippen molar-refractivity contribution in [3.63, 3.8) is 0 Å². The molecule has 2 aromatic heterocycles. The number of anilines is 1. The van der Waals surface area contributed by atoms with Gasteiger partial charge < -0.3 is 16.0 Å². The second-order valence-electron chi connectivity index (χ2n) is 8.90. The van der Waals surface area contributed by atoms with E-state index in [-0.39, 0.29) is 11.5 Å². The van der Waals surface area contributed by atoms with E-state index < -0.39 is 0 Å². The highest BCUT2D eigenvalue weighted by Gasteiger charge is 2.24. The van der Waals surface area contributed by atoms with E-state index in [9.17, 15) is 0 Å². The fraction of sp³-hybridized carbons (Fsp3) is 0.240. The average Bonchev–Trinajstić information content (AvgIpc) is 3.13. The maximum atomic E-state index is 5.74. The van der Waals surface area contributed by atoms with E-state index in [1.165, 1.54) is 0 Å². The summed E-state index contributed by atoms with van der Waals surface area (Å²) >= 11 is 0. The molecule has 0 spiro atoms. The molecule has 0 unspecified atom stereocenters. The summed E-state index contributed by atoms with van der Waals surface area (Å²) in [5, 5.41) is 0. The van der Waals surface area contributed by atoms with Gasteiger partial charge in [-0.2, -0.15) is 0 Å². The SMILES string of the molecule is CC(N)=NC(C)=Nc1ccccc1-c1nc2cc(-c3cnc(N)nc3)ccc2n1C(C)(C)C. The van der Waals surface area contributed by atoms with Crippen LogP contribution in [0.4, 0.5) is 11.6 Å². The minimum atomic E-state index is -0.215. The molecule has 0 atom stereocenters. The second-order valence-corrected chi connectivity index (χ2v) is 8.90. The summed E-state index contributed by atoms with van der Waals surface area (Å²) in [5.74, 6) is 2.14. The molecule has 0 saturated carbocycles. The van der Waals surface area contributed by atoms with Crippen molar-refractivity contribution in [3.8, 4) is 22.5 Å². The van der Waals surface area contributed by atoms with Crippen LogP contribution in [0.3, 0.4) is 0 Å². The number of rotatable bonds is 3. The Hall–Kier alpha value is -4.07. The lowest BCUT2D eigenvalue weighted by atomic mass is 10.1. The predicted molar refractivity (Wildman–Crippen MR) is 136 cm³/mol. The number of nitrogen functional groups attached to an aromatic ring is 1. The lowest BCUT2D eigenvalue weighted by Crippen LogP contribution is -2.22. The van der Waals surface area contributed by atoms with Gasteiger partial charge in [0.05, 0.1) is 22.6 Å². The number of aromatic nitrogens is 4. The van der Waals surface area contributed by atoms with Crippen LogP contribution >= 0.6 is 0 Å². The average molecular weight is 441 g/mol. The normalized spacial score (nSPS) is 13.0. The van der Waals surface area contributed by atoms with Crippen molar-refractivity contribution in [2.45, 2.75) is 40.2 Å². The van der Waals surface area contributed by atoms with E-state index in [4.69, 9.17) is 21.4 Å². The van der Waals surface area contributed by atoms with Gasteiger partial charge in [-0.25, -0.2) is 24.9 Å². The maximum Gasteiger partial charge on any atom is 0.219 e. The van der Waals surface area contributed by atoms with Crippen LogP contribution in [0.2, 0.25) is 0 Å². The summed E-state index contributed by atoms with van der Waals surface area (Å²) in [4.78, 5) is 22.3. The zero-order chi connectivity index (χ0) is 23.8. The summed E-state index contributed by atoms with van der Waals surface area (Å²) in [6.45, 7) is 10.1. The van der Waals surface area contributed by atoms with E-state index in [1.54, 1.807) is 19.3 Å².